The molecule has 0 spiro atoms. The van der Waals surface area contributed by atoms with E-state index in [9.17, 15) is 14.3 Å². The van der Waals surface area contributed by atoms with Gasteiger partial charge in [0.25, 0.3) is 5.91 Å². The maximum absolute atomic E-state index is 13.5. The van der Waals surface area contributed by atoms with Gasteiger partial charge in [-0.05, 0) is 24.1 Å². The summed E-state index contributed by atoms with van der Waals surface area (Å²) < 4.78 is 18.6. The predicted octanol–water partition coefficient (Wildman–Crippen LogP) is 2.89. The molecule has 2 atom stereocenters. The fraction of sp³-hybridized carbons (Fsp3) is 0.412. The van der Waals surface area contributed by atoms with Gasteiger partial charge in [0.15, 0.2) is 5.69 Å². The SMILES string of the molecule is CC(C)c1cc(C(=O)N2C[C@H](O)C[C@H]2c2cccc(F)c2)no1. The molecule has 122 valence electrons. The smallest absolute Gasteiger partial charge is 0.276 e. The second kappa shape index (κ2) is 6.12. The number of hydrogen-bond acceptors (Lipinski definition) is 4. The van der Waals surface area contributed by atoms with Crippen LogP contribution in [0.25, 0.3) is 0 Å². The number of likely N-dealkylation sites (tertiary alicyclic amines) is 1. The van der Waals surface area contributed by atoms with Gasteiger partial charge in [0.2, 0.25) is 0 Å². The molecule has 1 aliphatic rings. The summed E-state index contributed by atoms with van der Waals surface area (Å²) in [5.41, 5.74) is 0.881. The Morgan fingerprint density at radius 1 is 1.43 bits per heavy atom. The van der Waals surface area contributed by atoms with E-state index >= 15 is 0 Å². The Kier molecular flexibility index (Phi) is 4.17. The number of aliphatic hydroxyl groups excluding tert-OH is 1. The van der Waals surface area contributed by atoms with Crippen LogP contribution >= 0.6 is 0 Å². The molecule has 0 radical (unpaired) electrons. The van der Waals surface area contributed by atoms with Gasteiger partial charge in [0.05, 0.1) is 12.1 Å². The Hall–Kier alpha value is -2.21. The molecular weight excluding hydrogens is 299 g/mol. The van der Waals surface area contributed by atoms with Gasteiger partial charge < -0.3 is 14.5 Å². The van der Waals surface area contributed by atoms with Crippen molar-refractivity contribution in [1.29, 1.82) is 0 Å². The molecule has 2 aromatic rings. The van der Waals surface area contributed by atoms with E-state index in [0.717, 1.165) is 0 Å². The van der Waals surface area contributed by atoms with E-state index < -0.39 is 6.10 Å². The Bertz CT molecular complexity index is 713. The highest BCUT2D eigenvalue weighted by molar-refractivity contribution is 5.92. The van der Waals surface area contributed by atoms with Gasteiger partial charge >= 0.3 is 0 Å². The molecule has 0 bridgehead atoms. The van der Waals surface area contributed by atoms with Gasteiger partial charge in [-0.25, -0.2) is 4.39 Å². The Labute approximate surface area is 133 Å². The second-order valence-corrected chi connectivity index (χ2v) is 6.19. The first kappa shape index (κ1) is 15.7. The number of benzene rings is 1. The topological polar surface area (TPSA) is 66.6 Å². The number of aliphatic hydroxyl groups is 1. The summed E-state index contributed by atoms with van der Waals surface area (Å²) in [7, 11) is 0. The summed E-state index contributed by atoms with van der Waals surface area (Å²) in [6, 6.07) is 7.37. The van der Waals surface area contributed by atoms with Crippen molar-refractivity contribution in [3.63, 3.8) is 0 Å². The van der Waals surface area contributed by atoms with Crippen molar-refractivity contribution in [2.45, 2.75) is 38.3 Å². The zero-order valence-electron chi connectivity index (χ0n) is 13.1. The minimum Gasteiger partial charge on any atom is -0.391 e. The van der Waals surface area contributed by atoms with Crippen molar-refractivity contribution in [1.82, 2.24) is 10.1 Å². The monoisotopic (exact) mass is 318 g/mol. The Balaban J connectivity index is 1.88. The number of aromatic nitrogens is 1. The van der Waals surface area contributed by atoms with E-state index in [-0.39, 0.29) is 35.9 Å². The third-order valence-electron chi connectivity index (χ3n) is 4.09. The molecule has 0 aliphatic carbocycles. The first-order valence-electron chi connectivity index (χ1n) is 7.67. The van der Waals surface area contributed by atoms with E-state index in [1.165, 1.54) is 17.0 Å². The number of amides is 1. The average molecular weight is 318 g/mol. The van der Waals surface area contributed by atoms with E-state index in [0.29, 0.717) is 17.7 Å². The molecule has 1 N–H and O–H groups in total. The lowest BCUT2D eigenvalue weighted by atomic mass is 10.0. The first-order valence-corrected chi connectivity index (χ1v) is 7.67. The lowest BCUT2D eigenvalue weighted by Gasteiger charge is -2.23. The fourth-order valence-corrected chi connectivity index (χ4v) is 2.88. The van der Waals surface area contributed by atoms with Gasteiger partial charge in [-0.15, -0.1) is 0 Å². The third-order valence-corrected chi connectivity index (χ3v) is 4.09. The minimum atomic E-state index is -0.635. The first-order chi connectivity index (χ1) is 11.0. The number of carbonyl (C=O) groups excluding carboxylic acids is 1. The van der Waals surface area contributed by atoms with Crippen LogP contribution in [0.15, 0.2) is 34.9 Å². The lowest BCUT2D eigenvalue weighted by Crippen LogP contribution is -2.32. The maximum Gasteiger partial charge on any atom is 0.276 e. The van der Waals surface area contributed by atoms with E-state index in [1.807, 2.05) is 13.8 Å². The minimum absolute atomic E-state index is 0.132. The number of halogens is 1. The number of carbonyl (C=O) groups is 1. The molecule has 1 aliphatic heterocycles. The maximum atomic E-state index is 13.5. The summed E-state index contributed by atoms with van der Waals surface area (Å²) in [6.07, 6.45) is -0.256. The summed E-state index contributed by atoms with van der Waals surface area (Å²) >= 11 is 0. The molecule has 0 saturated carbocycles. The quantitative estimate of drug-likeness (QED) is 0.945. The van der Waals surface area contributed by atoms with Crippen LogP contribution in [0.3, 0.4) is 0 Å². The zero-order chi connectivity index (χ0) is 16.6. The van der Waals surface area contributed by atoms with Gasteiger partial charge in [0.1, 0.15) is 11.6 Å². The van der Waals surface area contributed by atoms with Gasteiger partial charge in [-0.2, -0.15) is 0 Å². The van der Waals surface area contributed by atoms with Crippen LogP contribution in [0.1, 0.15) is 54.0 Å². The summed E-state index contributed by atoms with van der Waals surface area (Å²) in [5.74, 6) is 0.0916. The van der Waals surface area contributed by atoms with Crippen molar-refractivity contribution in [2.75, 3.05) is 6.54 Å². The van der Waals surface area contributed by atoms with Crippen molar-refractivity contribution < 1.29 is 18.8 Å². The average Bonchev–Trinajstić information content (AvgIpc) is 3.13. The highest BCUT2D eigenvalue weighted by Gasteiger charge is 2.37. The van der Waals surface area contributed by atoms with Crippen LogP contribution in [0.4, 0.5) is 4.39 Å². The number of hydrogen-bond donors (Lipinski definition) is 1. The normalized spacial score (nSPS) is 21.2. The summed E-state index contributed by atoms with van der Waals surface area (Å²) in [4.78, 5) is 14.2. The summed E-state index contributed by atoms with van der Waals surface area (Å²) in [5, 5.41) is 13.8. The van der Waals surface area contributed by atoms with E-state index in [4.69, 9.17) is 4.52 Å². The molecule has 1 fully saturated rings. The van der Waals surface area contributed by atoms with Crippen LogP contribution in [-0.4, -0.2) is 33.7 Å². The number of rotatable bonds is 3. The molecular formula is C17H19FN2O3. The van der Waals surface area contributed by atoms with Crippen LogP contribution < -0.4 is 0 Å². The molecule has 6 heteroatoms. The van der Waals surface area contributed by atoms with Crippen LogP contribution in [0, 0.1) is 5.82 Å². The molecule has 0 unspecified atom stereocenters. The Morgan fingerprint density at radius 3 is 2.87 bits per heavy atom. The van der Waals surface area contributed by atoms with Crippen LogP contribution in [0.5, 0.6) is 0 Å². The highest BCUT2D eigenvalue weighted by Crippen LogP contribution is 2.33. The molecule has 1 aromatic carbocycles. The van der Waals surface area contributed by atoms with E-state index in [2.05, 4.69) is 5.16 Å². The molecule has 1 saturated heterocycles. The van der Waals surface area contributed by atoms with Crippen molar-refractivity contribution in [3.8, 4) is 0 Å². The summed E-state index contributed by atoms with van der Waals surface area (Å²) in [6.45, 7) is 4.09. The largest absolute Gasteiger partial charge is 0.391 e. The Morgan fingerprint density at radius 2 is 2.22 bits per heavy atom. The standard InChI is InChI=1S/C17H19FN2O3/c1-10(2)16-8-14(19-23-16)17(22)20-9-13(21)7-15(20)11-4-3-5-12(18)6-11/h3-6,8,10,13,15,21H,7,9H2,1-2H3/t13-,15+/m1/s1. The van der Waals surface area contributed by atoms with Gasteiger partial charge in [0, 0.05) is 18.5 Å². The van der Waals surface area contributed by atoms with Crippen molar-refractivity contribution in [2.24, 2.45) is 0 Å². The van der Waals surface area contributed by atoms with Crippen molar-refractivity contribution >= 4 is 5.91 Å². The van der Waals surface area contributed by atoms with Crippen molar-refractivity contribution in [3.05, 3.63) is 53.2 Å². The van der Waals surface area contributed by atoms with Crippen LogP contribution in [-0.2, 0) is 0 Å². The molecule has 3 rings (SSSR count). The number of β-amino-alcohol motifs (C(OH)–C–C–N with tert-alkyl or cyclic N) is 1. The second-order valence-electron chi connectivity index (χ2n) is 6.19. The molecule has 1 amide bonds. The highest BCUT2D eigenvalue weighted by atomic mass is 19.1. The van der Waals surface area contributed by atoms with Gasteiger partial charge in [-0.1, -0.05) is 31.1 Å². The number of nitrogens with zero attached hydrogens (tertiary/aromatic N) is 2. The predicted molar refractivity (Wildman–Crippen MR) is 81.4 cm³/mol. The fourth-order valence-electron chi connectivity index (χ4n) is 2.88. The zero-order valence-corrected chi connectivity index (χ0v) is 13.1. The van der Waals surface area contributed by atoms with Gasteiger partial charge in [-0.3, -0.25) is 4.79 Å². The van der Waals surface area contributed by atoms with E-state index in [1.54, 1.807) is 18.2 Å². The van der Waals surface area contributed by atoms with Crippen LogP contribution in [0.2, 0.25) is 0 Å². The lowest BCUT2D eigenvalue weighted by molar-refractivity contribution is 0.0705. The molecule has 5 nitrogen and oxygen atoms in total. The molecule has 1 aromatic heterocycles. The molecule has 23 heavy (non-hydrogen) atoms. The molecule has 2 heterocycles. The third kappa shape index (κ3) is 3.12.